The van der Waals surface area contributed by atoms with Crippen LogP contribution in [0.2, 0.25) is 0 Å². The molecule has 0 heterocycles. The van der Waals surface area contributed by atoms with E-state index in [9.17, 15) is 0 Å². The van der Waals surface area contributed by atoms with Crippen molar-refractivity contribution in [1.82, 2.24) is 0 Å². The van der Waals surface area contributed by atoms with Crippen molar-refractivity contribution >= 4 is 6.01 Å². The Bertz CT molecular complexity index is 184. The van der Waals surface area contributed by atoms with Crippen LogP contribution in [-0.4, -0.2) is 11.5 Å². The van der Waals surface area contributed by atoms with Crippen LogP contribution in [0.1, 0.15) is 46.0 Å². The number of aliphatic imine (C=N–C) groups is 1. The molecule has 0 atom stereocenters. The molecule has 2 heteroatoms. The fourth-order valence-corrected chi connectivity index (χ4v) is 2.04. The molecule has 12 heavy (non-hydrogen) atoms. The van der Waals surface area contributed by atoms with Gasteiger partial charge in [-0.25, -0.2) is 10.4 Å². The number of nitrogens with zero attached hydrogens (tertiary/aromatic N) is 1. The van der Waals surface area contributed by atoms with Gasteiger partial charge in [-0.1, -0.05) is 19.3 Å². The Kier molecular flexibility index (Phi) is 3.05. The molecule has 68 valence electrons. The topological polar surface area (TPSA) is 36.2 Å². The van der Waals surface area contributed by atoms with Gasteiger partial charge in [0.2, 0.25) is 0 Å². The molecular weight excluding hydrogens is 148 g/mol. The SMILES string of the molecule is CC(C)(N=C=N)C1CCCCC1. The van der Waals surface area contributed by atoms with Gasteiger partial charge in [0, 0.05) is 0 Å². The molecule has 1 fully saturated rings. The second kappa shape index (κ2) is 3.86. The predicted octanol–water partition coefficient (Wildman–Crippen LogP) is 3.10. The summed E-state index contributed by atoms with van der Waals surface area (Å²) in [5, 5.41) is 6.86. The summed E-state index contributed by atoms with van der Waals surface area (Å²) in [5.74, 6) is 0.670. The summed E-state index contributed by atoms with van der Waals surface area (Å²) in [5.41, 5.74) is -0.0534. The van der Waals surface area contributed by atoms with E-state index in [0.29, 0.717) is 5.92 Å². The average Bonchev–Trinajstić information content (AvgIpc) is 2.06. The quantitative estimate of drug-likeness (QED) is 0.612. The van der Waals surface area contributed by atoms with Crippen molar-refractivity contribution in [3.05, 3.63) is 0 Å². The van der Waals surface area contributed by atoms with Crippen molar-refractivity contribution in [2.45, 2.75) is 51.5 Å². The van der Waals surface area contributed by atoms with E-state index < -0.39 is 0 Å². The lowest BCUT2D eigenvalue weighted by molar-refractivity contribution is 0.242. The van der Waals surface area contributed by atoms with Crippen molar-refractivity contribution in [2.24, 2.45) is 10.9 Å². The number of nitrogens with one attached hydrogen (secondary N) is 1. The molecule has 1 saturated carbocycles. The van der Waals surface area contributed by atoms with E-state index in [4.69, 9.17) is 5.41 Å². The molecule has 0 amide bonds. The summed E-state index contributed by atoms with van der Waals surface area (Å²) in [6.45, 7) is 4.23. The third-order valence-corrected chi connectivity index (χ3v) is 2.95. The third kappa shape index (κ3) is 2.18. The molecule has 0 aliphatic heterocycles. The Balaban J connectivity index is 2.59. The van der Waals surface area contributed by atoms with Crippen LogP contribution in [0.4, 0.5) is 0 Å². The molecule has 0 aromatic carbocycles. The summed E-state index contributed by atoms with van der Waals surface area (Å²) in [6, 6.07) is 2.18. The Morgan fingerprint density at radius 1 is 1.25 bits per heavy atom. The number of hydrogen-bond acceptors (Lipinski definition) is 2. The maximum absolute atomic E-state index is 6.86. The molecule has 0 bridgehead atoms. The van der Waals surface area contributed by atoms with Gasteiger partial charge in [-0.2, -0.15) is 0 Å². The maximum Gasteiger partial charge on any atom is 0.0867 e. The van der Waals surface area contributed by atoms with Crippen molar-refractivity contribution in [1.29, 1.82) is 5.41 Å². The molecular formula is C10H18N2. The van der Waals surface area contributed by atoms with Crippen molar-refractivity contribution in [3.8, 4) is 0 Å². The molecule has 0 unspecified atom stereocenters. The first-order valence-corrected chi connectivity index (χ1v) is 4.80. The van der Waals surface area contributed by atoms with Gasteiger partial charge in [-0.05, 0) is 32.6 Å². The zero-order valence-electron chi connectivity index (χ0n) is 8.06. The molecule has 1 rings (SSSR count). The Morgan fingerprint density at radius 3 is 2.33 bits per heavy atom. The van der Waals surface area contributed by atoms with E-state index in [1.54, 1.807) is 0 Å². The lowest BCUT2D eigenvalue weighted by Gasteiger charge is -2.32. The standard InChI is InChI=1S/C10H18N2/c1-10(2,12-8-11)9-6-4-3-5-7-9/h9,11H,3-7H2,1-2H3. The van der Waals surface area contributed by atoms with Crippen molar-refractivity contribution in [2.75, 3.05) is 0 Å². The van der Waals surface area contributed by atoms with Crippen molar-refractivity contribution in [3.63, 3.8) is 0 Å². The monoisotopic (exact) mass is 166 g/mol. The molecule has 0 radical (unpaired) electrons. The minimum absolute atomic E-state index is 0.0534. The summed E-state index contributed by atoms with van der Waals surface area (Å²) in [4.78, 5) is 4.10. The van der Waals surface area contributed by atoms with E-state index in [1.807, 2.05) is 0 Å². The van der Waals surface area contributed by atoms with E-state index in [0.717, 1.165) is 0 Å². The minimum atomic E-state index is -0.0534. The van der Waals surface area contributed by atoms with Crippen LogP contribution < -0.4 is 0 Å². The highest BCUT2D eigenvalue weighted by atomic mass is 14.8. The fraction of sp³-hybridized carbons (Fsp3) is 0.900. The molecule has 0 aromatic rings. The first kappa shape index (κ1) is 9.47. The van der Waals surface area contributed by atoms with Gasteiger partial charge in [0.1, 0.15) is 0 Å². The molecule has 0 aromatic heterocycles. The predicted molar refractivity (Wildman–Crippen MR) is 50.8 cm³/mol. The van der Waals surface area contributed by atoms with Crippen LogP contribution in [-0.2, 0) is 0 Å². The molecule has 0 saturated heterocycles. The summed E-state index contributed by atoms with van der Waals surface area (Å²) < 4.78 is 0. The van der Waals surface area contributed by atoms with Gasteiger partial charge in [-0.15, -0.1) is 0 Å². The third-order valence-electron chi connectivity index (χ3n) is 2.95. The summed E-state index contributed by atoms with van der Waals surface area (Å²) in [7, 11) is 0. The summed E-state index contributed by atoms with van der Waals surface area (Å²) >= 11 is 0. The maximum atomic E-state index is 6.86. The highest BCUT2D eigenvalue weighted by Gasteiger charge is 2.29. The smallest absolute Gasteiger partial charge is 0.0867 e. The van der Waals surface area contributed by atoms with E-state index in [-0.39, 0.29) is 5.54 Å². The average molecular weight is 166 g/mol. The van der Waals surface area contributed by atoms with Gasteiger partial charge in [0.15, 0.2) is 0 Å². The summed E-state index contributed by atoms with van der Waals surface area (Å²) in [6.07, 6.45) is 6.60. The van der Waals surface area contributed by atoms with Crippen LogP contribution in [0.5, 0.6) is 0 Å². The second-order valence-corrected chi connectivity index (χ2v) is 4.21. The fourth-order valence-electron chi connectivity index (χ4n) is 2.04. The Morgan fingerprint density at radius 2 is 1.83 bits per heavy atom. The zero-order valence-corrected chi connectivity index (χ0v) is 8.06. The van der Waals surface area contributed by atoms with Crippen LogP contribution in [0.15, 0.2) is 4.99 Å². The normalized spacial score (nSPS) is 20.2. The van der Waals surface area contributed by atoms with E-state index in [1.165, 1.54) is 32.1 Å². The highest BCUT2D eigenvalue weighted by molar-refractivity contribution is 5.37. The largest absolute Gasteiger partial charge is 0.242 e. The lowest BCUT2D eigenvalue weighted by Crippen LogP contribution is -2.30. The van der Waals surface area contributed by atoms with Crippen LogP contribution in [0.3, 0.4) is 0 Å². The van der Waals surface area contributed by atoms with Gasteiger partial charge in [-0.3, -0.25) is 0 Å². The molecule has 0 spiro atoms. The number of rotatable bonds is 2. The molecule has 2 nitrogen and oxygen atoms in total. The Labute approximate surface area is 74.6 Å². The van der Waals surface area contributed by atoms with Crippen LogP contribution >= 0.6 is 0 Å². The Hall–Kier alpha value is -0.620. The molecule has 1 N–H and O–H groups in total. The van der Waals surface area contributed by atoms with Crippen molar-refractivity contribution < 1.29 is 0 Å². The highest BCUT2D eigenvalue weighted by Crippen LogP contribution is 2.34. The first-order valence-electron chi connectivity index (χ1n) is 4.80. The molecule has 1 aliphatic rings. The lowest BCUT2D eigenvalue weighted by atomic mass is 9.77. The zero-order chi connectivity index (χ0) is 9.03. The van der Waals surface area contributed by atoms with E-state index >= 15 is 0 Å². The number of hydrogen-bond donors (Lipinski definition) is 1. The second-order valence-electron chi connectivity index (χ2n) is 4.21. The molecule has 1 aliphatic carbocycles. The van der Waals surface area contributed by atoms with E-state index in [2.05, 4.69) is 24.8 Å². The van der Waals surface area contributed by atoms with Gasteiger partial charge < -0.3 is 0 Å². The van der Waals surface area contributed by atoms with Gasteiger partial charge >= 0.3 is 0 Å². The first-order chi connectivity index (χ1) is 5.67. The van der Waals surface area contributed by atoms with Crippen LogP contribution in [0, 0.1) is 11.3 Å². The van der Waals surface area contributed by atoms with Gasteiger partial charge in [0.05, 0.1) is 11.5 Å². The van der Waals surface area contributed by atoms with Gasteiger partial charge in [0.25, 0.3) is 0 Å². The minimum Gasteiger partial charge on any atom is -0.242 e. The van der Waals surface area contributed by atoms with Crippen LogP contribution in [0.25, 0.3) is 0 Å².